The molecule has 0 unspecified atom stereocenters. The molecule has 0 bridgehead atoms. The van der Waals surface area contributed by atoms with Gasteiger partial charge in [-0.1, -0.05) is 24.8 Å². The Hall–Kier alpha value is -2.81. The minimum atomic E-state index is -1.63. The van der Waals surface area contributed by atoms with E-state index in [4.69, 9.17) is 10.3 Å². The van der Waals surface area contributed by atoms with Gasteiger partial charge in [0, 0.05) is 24.5 Å². The first-order chi connectivity index (χ1) is 11.3. The van der Waals surface area contributed by atoms with Gasteiger partial charge in [0.15, 0.2) is 17.3 Å². The average Bonchev–Trinajstić information content (AvgIpc) is 3.17. The Bertz CT molecular complexity index is 866. The highest BCUT2D eigenvalue weighted by Gasteiger charge is 2.24. The SMILES string of the molecule is C[Si](C)(C)c1cc(-c2nc(CC(N)=O)cc(-n3cccn3)n2)no1. The number of hydrogen-bond donors (Lipinski definition) is 1. The van der Waals surface area contributed by atoms with Crippen molar-refractivity contribution in [2.75, 3.05) is 0 Å². The minimum Gasteiger partial charge on any atom is -0.369 e. The number of carbonyl (C=O) groups excluding carboxylic acids is 1. The van der Waals surface area contributed by atoms with Crippen molar-refractivity contribution in [3.63, 3.8) is 0 Å². The lowest BCUT2D eigenvalue weighted by Crippen LogP contribution is -2.36. The fraction of sp³-hybridized carbons (Fsp3) is 0.267. The Morgan fingerprint density at radius 3 is 2.67 bits per heavy atom. The molecule has 0 aliphatic carbocycles. The first kappa shape index (κ1) is 16.1. The fourth-order valence-electron chi connectivity index (χ4n) is 2.12. The van der Waals surface area contributed by atoms with Crippen molar-refractivity contribution in [2.24, 2.45) is 5.73 Å². The van der Waals surface area contributed by atoms with Crippen molar-refractivity contribution in [1.29, 1.82) is 0 Å². The second-order valence-electron chi connectivity index (χ2n) is 6.46. The molecule has 3 rings (SSSR count). The predicted octanol–water partition coefficient (Wildman–Crippen LogP) is 0.890. The summed E-state index contributed by atoms with van der Waals surface area (Å²) in [5.41, 5.74) is 6.34. The summed E-state index contributed by atoms with van der Waals surface area (Å²) in [6.45, 7) is 6.49. The van der Waals surface area contributed by atoms with Crippen LogP contribution in [0.3, 0.4) is 0 Å². The van der Waals surface area contributed by atoms with E-state index in [0.29, 0.717) is 23.0 Å². The maximum absolute atomic E-state index is 11.3. The summed E-state index contributed by atoms with van der Waals surface area (Å²) < 4.78 is 7.05. The summed E-state index contributed by atoms with van der Waals surface area (Å²) in [6, 6.07) is 5.33. The molecule has 0 aliphatic heterocycles. The molecule has 0 atom stereocenters. The van der Waals surface area contributed by atoms with E-state index in [1.165, 1.54) is 0 Å². The third kappa shape index (κ3) is 3.40. The van der Waals surface area contributed by atoms with Crippen LogP contribution in [0.25, 0.3) is 17.3 Å². The van der Waals surface area contributed by atoms with E-state index >= 15 is 0 Å². The number of nitrogens with two attached hydrogens (primary N) is 1. The van der Waals surface area contributed by atoms with Crippen molar-refractivity contribution >= 4 is 19.4 Å². The van der Waals surface area contributed by atoms with Crippen molar-refractivity contribution in [3.05, 3.63) is 36.3 Å². The number of nitrogens with zero attached hydrogens (tertiary/aromatic N) is 5. The molecule has 0 aliphatic rings. The molecule has 24 heavy (non-hydrogen) atoms. The fourth-order valence-corrected chi connectivity index (χ4v) is 3.01. The largest absolute Gasteiger partial charge is 0.369 e. The molecule has 124 valence electrons. The van der Waals surface area contributed by atoms with E-state index in [1.807, 2.05) is 6.07 Å². The summed E-state index contributed by atoms with van der Waals surface area (Å²) in [7, 11) is -1.63. The molecule has 0 fully saturated rings. The lowest BCUT2D eigenvalue weighted by atomic mass is 10.2. The third-order valence-corrected chi connectivity index (χ3v) is 5.05. The smallest absolute Gasteiger partial charge is 0.223 e. The molecule has 0 spiro atoms. The van der Waals surface area contributed by atoms with Gasteiger partial charge < -0.3 is 10.3 Å². The van der Waals surface area contributed by atoms with Crippen LogP contribution in [0.2, 0.25) is 19.6 Å². The van der Waals surface area contributed by atoms with E-state index in [-0.39, 0.29) is 6.42 Å². The standard InChI is InChI=1S/C15H18N6O2Si/c1-24(2,3)14-9-11(20-23-14)15-18-10(7-12(16)22)8-13(19-15)21-6-4-5-17-21/h4-6,8-9H,7H2,1-3H3,(H2,16,22). The summed E-state index contributed by atoms with van der Waals surface area (Å²) in [5, 5.41) is 9.11. The van der Waals surface area contributed by atoms with Crippen LogP contribution in [-0.4, -0.2) is 38.9 Å². The second-order valence-corrected chi connectivity index (χ2v) is 11.5. The predicted molar refractivity (Wildman–Crippen MR) is 90.5 cm³/mol. The van der Waals surface area contributed by atoms with Gasteiger partial charge in [-0.05, 0) is 6.07 Å². The summed E-state index contributed by atoms with van der Waals surface area (Å²) >= 11 is 0. The van der Waals surface area contributed by atoms with Crippen molar-refractivity contribution in [2.45, 2.75) is 26.1 Å². The van der Waals surface area contributed by atoms with Crippen LogP contribution in [0.4, 0.5) is 0 Å². The highest BCUT2D eigenvalue weighted by molar-refractivity contribution is 6.87. The summed E-state index contributed by atoms with van der Waals surface area (Å²) in [6.07, 6.45) is 3.42. The summed E-state index contributed by atoms with van der Waals surface area (Å²) in [5.74, 6) is 0.459. The van der Waals surface area contributed by atoms with E-state index in [0.717, 1.165) is 5.38 Å². The minimum absolute atomic E-state index is 0.0164. The van der Waals surface area contributed by atoms with Crippen molar-refractivity contribution in [3.8, 4) is 17.3 Å². The number of carbonyl (C=O) groups is 1. The number of amides is 1. The highest BCUT2D eigenvalue weighted by atomic mass is 28.3. The van der Waals surface area contributed by atoms with Crippen molar-refractivity contribution in [1.82, 2.24) is 24.9 Å². The van der Waals surface area contributed by atoms with Crippen LogP contribution in [0.1, 0.15) is 5.69 Å². The topological polar surface area (TPSA) is 113 Å². The average molecular weight is 342 g/mol. The molecule has 1 amide bonds. The third-order valence-electron chi connectivity index (χ3n) is 3.34. The lowest BCUT2D eigenvalue weighted by Gasteiger charge is -2.09. The highest BCUT2D eigenvalue weighted by Crippen LogP contribution is 2.17. The Balaban J connectivity index is 2.08. The van der Waals surface area contributed by atoms with E-state index < -0.39 is 14.0 Å². The van der Waals surface area contributed by atoms with Gasteiger partial charge in [0.2, 0.25) is 5.91 Å². The van der Waals surface area contributed by atoms with Gasteiger partial charge >= 0.3 is 0 Å². The Kier molecular flexibility index (Phi) is 4.02. The number of aromatic nitrogens is 5. The molecule has 0 radical (unpaired) electrons. The monoisotopic (exact) mass is 342 g/mol. The molecule has 8 nitrogen and oxygen atoms in total. The van der Waals surface area contributed by atoms with Gasteiger partial charge in [-0.25, -0.2) is 14.6 Å². The zero-order valence-corrected chi connectivity index (χ0v) is 14.7. The first-order valence-electron chi connectivity index (χ1n) is 7.47. The number of primary amides is 1. The van der Waals surface area contributed by atoms with Gasteiger partial charge in [0.1, 0.15) is 13.5 Å². The lowest BCUT2D eigenvalue weighted by molar-refractivity contribution is -0.117. The first-order valence-corrected chi connectivity index (χ1v) is 11.0. The van der Waals surface area contributed by atoms with Crippen LogP contribution in [0, 0.1) is 0 Å². The Morgan fingerprint density at radius 2 is 2.08 bits per heavy atom. The van der Waals surface area contributed by atoms with Crippen LogP contribution in [0.5, 0.6) is 0 Å². The maximum atomic E-state index is 11.3. The zero-order valence-electron chi connectivity index (χ0n) is 13.7. The maximum Gasteiger partial charge on any atom is 0.223 e. The molecule has 3 aromatic rings. The Morgan fingerprint density at radius 1 is 1.29 bits per heavy atom. The molecule has 9 heteroatoms. The molecule has 0 saturated carbocycles. The summed E-state index contributed by atoms with van der Waals surface area (Å²) in [4.78, 5) is 20.1. The van der Waals surface area contributed by atoms with E-state index in [1.54, 1.807) is 29.2 Å². The van der Waals surface area contributed by atoms with Crippen LogP contribution < -0.4 is 11.1 Å². The molecule has 3 aromatic heterocycles. The van der Waals surface area contributed by atoms with Gasteiger partial charge in [0.25, 0.3) is 0 Å². The van der Waals surface area contributed by atoms with Gasteiger partial charge in [-0.3, -0.25) is 4.79 Å². The normalized spacial score (nSPS) is 11.6. The molecule has 0 saturated heterocycles. The molecule has 3 heterocycles. The van der Waals surface area contributed by atoms with Gasteiger partial charge in [-0.15, -0.1) is 0 Å². The molecule has 2 N–H and O–H groups in total. The quantitative estimate of drug-likeness (QED) is 0.689. The number of hydrogen-bond acceptors (Lipinski definition) is 6. The second kappa shape index (κ2) is 6.00. The number of rotatable bonds is 5. The van der Waals surface area contributed by atoms with Crippen LogP contribution in [-0.2, 0) is 11.2 Å². The van der Waals surface area contributed by atoms with Crippen molar-refractivity contribution < 1.29 is 9.32 Å². The molecular weight excluding hydrogens is 324 g/mol. The van der Waals surface area contributed by atoms with Gasteiger partial charge in [-0.2, -0.15) is 5.10 Å². The Labute approximate surface area is 139 Å². The molecule has 0 aromatic carbocycles. The zero-order chi connectivity index (χ0) is 17.3. The van der Waals surface area contributed by atoms with Crippen LogP contribution >= 0.6 is 0 Å². The van der Waals surface area contributed by atoms with Crippen LogP contribution in [0.15, 0.2) is 35.1 Å². The van der Waals surface area contributed by atoms with E-state index in [2.05, 4.69) is 39.9 Å². The van der Waals surface area contributed by atoms with Gasteiger partial charge in [0.05, 0.1) is 12.1 Å². The molecular formula is C15H18N6O2Si. The van der Waals surface area contributed by atoms with E-state index in [9.17, 15) is 4.79 Å².